The number of hydrogen-bond donors (Lipinski definition) is 1. The van der Waals surface area contributed by atoms with Crippen LogP contribution < -0.4 is 0 Å². The van der Waals surface area contributed by atoms with E-state index in [0.29, 0.717) is 30.6 Å². The minimum absolute atomic E-state index is 0.0304. The van der Waals surface area contributed by atoms with Crippen molar-refractivity contribution >= 4 is 12.1 Å². The van der Waals surface area contributed by atoms with Crippen LogP contribution in [0, 0.1) is 34.5 Å². The Balaban J connectivity index is 1.77. The number of carbonyl (C=O) groups excluding carboxylic acids is 2. The van der Waals surface area contributed by atoms with Crippen molar-refractivity contribution in [1.29, 1.82) is 0 Å². The van der Waals surface area contributed by atoms with E-state index in [4.69, 9.17) is 0 Å². The highest BCUT2D eigenvalue weighted by atomic mass is 16.3. The van der Waals surface area contributed by atoms with Crippen LogP contribution in [0.5, 0.6) is 0 Å². The number of carbonyl (C=O) groups is 2. The molecule has 4 aliphatic carbocycles. The topological polar surface area (TPSA) is 54.4 Å². The van der Waals surface area contributed by atoms with Crippen molar-refractivity contribution in [2.75, 3.05) is 0 Å². The SMILES string of the molecule is CC1CC(=O)CC2=CC[C@@H]3[C@@H](CC[C@@]4(C)[C@H]3CCC4(C)O)[C@]21C=O. The smallest absolute Gasteiger partial charge is 0.137 e. The number of aldehydes is 1. The second-order valence-electron chi connectivity index (χ2n) is 9.48. The second-order valence-corrected chi connectivity index (χ2v) is 9.48. The molecule has 0 saturated heterocycles. The zero-order valence-electron chi connectivity index (χ0n) is 15.2. The highest BCUT2D eigenvalue weighted by molar-refractivity contribution is 5.86. The van der Waals surface area contributed by atoms with Gasteiger partial charge in [0.2, 0.25) is 0 Å². The third-order valence-corrected chi connectivity index (χ3v) is 8.74. The molecule has 4 rings (SSSR count). The van der Waals surface area contributed by atoms with E-state index in [9.17, 15) is 14.7 Å². The largest absolute Gasteiger partial charge is 0.390 e. The summed E-state index contributed by atoms with van der Waals surface area (Å²) >= 11 is 0. The number of ketones is 1. The van der Waals surface area contributed by atoms with Crippen molar-refractivity contribution in [1.82, 2.24) is 0 Å². The van der Waals surface area contributed by atoms with Crippen LogP contribution >= 0.6 is 0 Å². The second kappa shape index (κ2) is 5.03. The van der Waals surface area contributed by atoms with Gasteiger partial charge in [-0.1, -0.05) is 25.5 Å². The number of fused-ring (bicyclic) bond motifs is 5. The number of allylic oxidation sites excluding steroid dienone is 2. The van der Waals surface area contributed by atoms with E-state index in [1.807, 2.05) is 6.92 Å². The van der Waals surface area contributed by atoms with Crippen LogP contribution in [0.15, 0.2) is 11.6 Å². The van der Waals surface area contributed by atoms with Gasteiger partial charge in [0, 0.05) is 12.8 Å². The van der Waals surface area contributed by atoms with Gasteiger partial charge < -0.3 is 9.90 Å². The Hall–Kier alpha value is -0.960. The van der Waals surface area contributed by atoms with Gasteiger partial charge in [0.05, 0.1) is 11.0 Å². The Kier molecular flexibility index (Phi) is 3.46. The maximum atomic E-state index is 12.4. The summed E-state index contributed by atoms with van der Waals surface area (Å²) in [4.78, 5) is 24.5. The molecule has 0 aromatic heterocycles. The molecule has 0 aromatic carbocycles. The van der Waals surface area contributed by atoms with E-state index in [-0.39, 0.29) is 17.1 Å². The minimum Gasteiger partial charge on any atom is -0.390 e. The molecular formula is C21H30O3. The lowest BCUT2D eigenvalue weighted by molar-refractivity contribution is -0.142. The summed E-state index contributed by atoms with van der Waals surface area (Å²) in [5.74, 6) is 1.72. The zero-order valence-corrected chi connectivity index (χ0v) is 15.2. The molecule has 24 heavy (non-hydrogen) atoms. The van der Waals surface area contributed by atoms with E-state index in [2.05, 4.69) is 19.9 Å². The molecule has 3 heteroatoms. The van der Waals surface area contributed by atoms with E-state index in [0.717, 1.165) is 37.7 Å². The fraction of sp³-hybridized carbons (Fsp3) is 0.810. The zero-order chi connectivity index (χ0) is 17.3. The summed E-state index contributed by atoms with van der Waals surface area (Å²) in [5.41, 5.74) is 0.0646. The number of aliphatic hydroxyl groups is 1. The first kappa shape index (κ1) is 16.5. The van der Waals surface area contributed by atoms with E-state index < -0.39 is 11.0 Å². The minimum atomic E-state index is -0.588. The predicted octanol–water partition coefficient (Wildman–Crippen LogP) is 3.69. The van der Waals surface area contributed by atoms with Crippen molar-refractivity contribution in [2.45, 2.75) is 71.3 Å². The molecule has 0 heterocycles. The molecule has 3 saturated carbocycles. The van der Waals surface area contributed by atoms with Crippen molar-refractivity contribution in [2.24, 2.45) is 34.5 Å². The molecule has 2 unspecified atom stereocenters. The van der Waals surface area contributed by atoms with Gasteiger partial charge in [-0.05, 0) is 68.1 Å². The summed E-state index contributed by atoms with van der Waals surface area (Å²) in [7, 11) is 0. The Labute approximate surface area is 144 Å². The molecule has 0 spiro atoms. The number of rotatable bonds is 1. The molecule has 3 fully saturated rings. The molecule has 3 nitrogen and oxygen atoms in total. The average molecular weight is 330 g/mol. The molecule has 4 aliphatic rings. The average Bonchev–Trinajstić information content (AvgIpc) is 2.77. The summed E-state index contributed by atoms with van der Waals surface area (Å²) in [6, 6.07) is 0. The summed E-state index contributed by atoms with van der Waals surface area (Å²) in [6.07, 6.45) is 9.35. The van der Waals surface area contributed by atoms with Crippen LogP contribution in [-0.4, -0.2) is 22.8 Å². The molecule has 0 aromatic rings. The third-order valence-electron chi connectivity index (χ3n) is 8.74. The Bertz CT molecular complexity index is 619. The fourth-order valence-corrected chi connectivity index (χ4v) is 7.13. The predicted molar refractivity (Wildman–Crippen MR) is 92.3 cm³/mol. The molecule has 1 N–H and O–H groups in total. The summed E-state index contributed by atoms with van der Waals surface area (Å²) < 4.78 is 0. The van der Waals surface area contributed by atoms with Crippen LogP contribution in [0.4, 0.5) is 0 Å². The molecule has 0 aliphatic heterocycles. The summed E-state index contributed by atoms with van der Waals surface area (Å²) in [6.45, 7) is 6.37. The maximum absolute atomic E-state index is 12.4. The van der Waals surface area contributed by atoms with Gasteiger partial charge in [-0.15, -0.1) is 0 Å². The number of Topliss-reactive ketones (excluding diaryl/α,β-unsaturated/α-hetero) is 1. The Morgan fingerprint density at radius 3 is 2.62 bits per heavy atom. The fourth-order valence-electron chi connectivity index (χ4n) is 7.13. The van der Waals surface area contributed by atoms with Crippen LogP contribution in [0.2, 0.25) is 0 Å². The van der Waals surface area contributed by atoms with Gasteiger partial charge in [0.1, 0.15) is 12.1 Å². The lowest BCUT2D eigenvalue weighted by Crippen LogP contribution is -2.56. The van der Waals surface area contributed by atoms with Crippen LogP contribution in [-0.2, 0) is 9.59 Å². The molecule has 0 amide bonds. The van der Waals surface area contributed by atoms with Gasteiger partial charge in [-0.3, -0.25) is 4.79 Å². The summed E-state index contributed by atoms with van der Waals surface area (Å²) in [5, 5.41) is 11.0. The number of hydrogen-bond acceptors (Lipinski definition) is 3. The third kappa shape index (κ3) is 1.83. The van der Waals surface area contributed by atoms with Gasteiger partial charge in [0.15, 0.2) is 0 Å². The lowest BCUT2D eigenvalue weighted by Gasteiger charge is -2.59. The van der Waals surface area contributed by atoms with Crippen LogP contribution in [0.25, 0.3) is 0 Å². The normalized spacial score (nSPS) is 53.7. The standard InChI is InChI=1S/C21H30O3/c1-13-10-15(23)11-14-4-5-16-17-7-9-20(3,24)19(17,2)8-6-18(16)21(13,14)12-22/h4,12-13,16-18,24H,5-11H2,1-3H3/t13?,16-,17-,18+,19-,20?,21-/m0/s1. The molecule has 7 atom stereocenters. The monoisotopic (exact) mass is 330 g/mol. The highest BCUT2D eigenvalue weighted by Gasteiger charge is 2.64. The Morgan fingerprint density at radius 1 is 1.21 bits per heavy atom. The van der Waals surface area contributed by atoms with E-state index in [1.165, 1.54) is 6.29 Å². The highest BCUT2D eigenvalue weighted by Crippen LogP contribution is 2.67. The molecule has 132 valence electrons. The van der Waals surface area contributed by atoms with Crippen molar-refractivity contribution in [3.63, 3.8) is 0 Å². The van der Waals surface area contributed by atoms with E-state index >= 15 is 0 Å². The van der Waals surface area contributed by atoms with Crippen molar-refractivity contribution in [3.8, 4) is 0 Å². The maximum Gasteiger partial charge on any atom is 0.137 e. The quantitative estimate of drug-likeness (QED) is 0.589. The van der Waals surface area contributed by atoms with Gasteiger partial charge in [0.25, 0.3) is 0 Å². The van der Waals surface area contributed by atoms with Crippen LogP contribution in [0.1, 0.15) is 65.7 Å². The first-order valence-electron chi connectivity index (χ1n) is 9.66. The van der Waals surface area contributed by atoms with Crippen LogP contribution in [0.3, 0.4) is 0 Å². The van der Waals surface area contributed by atoms with Crippen molar-refractivity contribution in [3.05, 3.63) is 11.6 Å². The van der Waals surface area contributed by atoms with Gasteiger partial charge in [-0.2, -0.15) is 0 Å². The van der Waals surface area contributed by atoms with Gasteiger partial charge in [-0.25, -0.2) is 0 Å². The van der Waals surface area contributed by atoms with E-state index in [1.54, 1.807) is 0 Å². The first-order valence-corrected chi connectivity index (χ1v) is 9.66. The first-order chi connectivity index (χ1) is 11.3. The van der Waals surface area contributed by atoms with Crippen molar-refractivity contribution < 1.29 is 14.7 Å². The lowest BCUT2D eigenvalue weighted by atomic mass is 9.45. The molecule has 0 radical (unpaired) electrons. The molecule has 0 bridgehead atoms. The Morgan fingerprint density at radius 2 is 1.92 bits per heavy atom. The van der Waals surface area contributed by atoms with Gasteiger partial charge >= 0.3 is 0 Å². The molecular weight excluding hydrogens is 300 g/mol.